The molecule has 0 aliphatic heterocycles. The summed E-state index contributed by atoms with van der Waals surface area (Å²) in [6.07, 6.45) is 0. The zero-order valence-electron chi connectivity index (χ0n) is 15.0. The van der Waals surface area contributed by atoms with E-state index in [2.05, 4.69) is 74.4 Å². The fourth-order valence-electron chi connectivity index (χ4n) is 2.53. The third kappa shape index (κ3) is 4.31. The summed E-state index contributed by atoms with van der Waals surface area (Å²) in [6.45, 7) is 10.9. The van der Waals surface area contributed by atoms with E-state index in [9.17, 15) is 4.79 Å². The van der Waals surface area contributed by atoms with Crippen molar-refractivity contribution in [1.82, 2.24) is 10.2 Å². The van der Waals surface area contributed by atoms with Gasteiger partial charge in [0, 0.05) is 0 Å². The first-order chi connectivity index (χ1) is 11.2. The molecule has 0 aliphatic rings. The molecule has 0 saturated carbocycles. The van der Waals surface area contributed by atoms with Crippen molar-refractivity contribution in [2.75, 3.05) is 5.32 Å². The monoisotopic (exact) mass is 326 g/mol. The summed E-state index contributed by atoms with van der Waals surface area (Å²) in [6, 6.07) is 12.1. The Kier molecular flexibility index (Phi) is 5.22. The summed E-state index contributed by atoms with van der Waals surface area (Å²) in [7, 11) is 0. The number of primary amides is 1. The van der Waals surface area contributed by atoms with Crippen LogP contribution in [0.25, 0.3) is 0 Å². The first-order valence-electron chi connectivity index (χ1n) is 8.19. The van der Waals surface area contributed by atoms with Crippen LogP contribution in [0.1, 0.15) is 62.3 Å². The summed E-state index contributed by atoms with van der Waals surface area (Å²) in [5.41, 5.74) is 7.99. The Morgan fingerprint density at radius 3 is 2.08 bits per heavy atom. The third-order valence-electron chi connectivity index (χ3n) is 4.02. The van der Waals surface area contributed by atoms with E-state index in [1.807, 2.05) is 0 Å². The number of rotatable bonds is 5. The van der Waals surface area contributed by atoms with Gasteiger partial charge in [-0.25, -0.2) is 0 Å². The lowest BCUT2D eigenvalue weighted by atomic mass is 9.85. The molecule has 1 heterocycles. The molecule has 1 amide bonds. The highest BCUT2D eigenvalue weighted by Gasteiger charge is 2.19. The van der Waals surface area contributed by atoms with Crippen LogP contribution in [0.5, 0.6) is 0 Å². The minimum Gasteiger partial charge on any atom is -0.364 e. The molecule has 0 bridgehead atoms. The summed E-state index contributed by atoms with van der Waals surface area (Å²) in [5, 5.41) is 11.3. The molecule has 2 aromatic rings. The maximum atomic E-state index is 11.1. The van der Waals surface area contributed by atoms with Gasteiger partial charge in [-0.2, -0.15) is 0 Å². The molecule has 1 atom stereocenters. The number of carbonyl (C=O) groups excluding carboxylic acids is 1. The molecule has 0 aliphatic carbocycles. The molecular formula is C19H26N4O. The average molecular weight is 326 g/mol. The van der Waals surface area contributed by atoms with E-state index in [-0.39, 0.29) is 17.2 Å². The van der Waals surface area contributed by atoms with Gasteiger partial charge in [-0.3, -0.25) is 4.79 Å². The van der Waals surface area contributed by atoms with Crippen LogP contribution in [0.2, 0.25) is 0 Å². The van der Waals surface area contributed by atoms with E-state index >= 15 is 0 Å². The molecule has 5 heteroatoms. The van der Waals surface area contributed by atoms with Gasteiger partial charge in [0.05, 0.1) is 6.04 Å². The molecule has 2 rings (SSSR count). The Morgan fingerprint density at radius 1 is 1.04 bits per heavy atom. The van der Waals surface area contributed by atoms with Crippen LogP contribution in [0.3, 0.4) is 0 Å². The fraction of sp³-hybridized carbons (Fsp3) is 0.421. The van der Waals surface area contributed by atoms with Crippen LogP contribution in [0.4, 0.5) is 5.82 Å². The lowest BCUT2D eigenvalue weighted by Crippen LogP contribution is -2.19. The van der Waals surface area contributed by atoms with E-state index in [0.29, 0.717) is 11.7 Å². The molecule has 24 heavy (non-hydrogen) atoms. The Labute approximate surface area is 143 Å². The maximum absolute atomic E-state index is 11.1. The van der Waals surface area contributed by atoms with Gasteiger partial charge in [0.15, 0.2) is 5.69 Å². The number of nitrogens with one attached hydrogen (secondary N) is 1. The van der Waals surface area contributed by atoms with Crippen LogP contribution >= 0.6 is 0 Å². The average Bonchev–Trinajstić information content (AvgIpc) is 2.52. The van der Waals surface area contributed by atoms with Crippen LogP contribution < -0.4 is 11.1 Å². The van der Waals surface area contributed by atoms with E-state index < -0.39 is 5.91 Å². The predicted molar refractivity (Wildman–Crippen MR) is 96.9 cm³/mol. The molecule has 0 fully saturated rings. The van der Waals surface area contributed by atoms with Crippen molar-refractivity contribution in [3.8, 4) is 0 Å². The van der Waals surface area contributed by atoms with Crippen molar-refractivity contribution in [3.05, 3.63) is 53.2 Å². The van der Waals surface area contributed by atoms with Crippen molar-refractivity contribution >= 4 is 11.7 Å². The number of aromatic nitrogens is 2. The van der Waals surface area contributed by atoms with Gasteiger partial charge in [-0.1, -0.05) is 58.9 Å². The Balaban J connectivity index is 2.22. The third-order valence-corrected chi connectivity index (χ3v) is 4.02. The molecule has 1 aromatic carbocycles. The van der Waals surface area contributed by atoms with E-state index in [1.165, 1.54) is 11.1 Å². The lowest BCUT2D eigenvalue weighted by molar-refractivity contribution is 0.0994. The number of hydrogen-bond acceptors (Lipinski definition) is 4. The van der Waals surface area contributed by atoms with Crippen molar-refractivity contribution in [1.29, 1.82) is 0 Å². The second kappa shape index (κ2) is 6.99. The molecule has 0 saturated heterocycles. The van der Waals surface area contributed by atoms with Gasteiger partial charge < -0.3 is 11.1 Å². The largest absolute Gasteiger partial charge is 0.364 e. The van der Waals surface area contributed by atoms with Crippen molar-refractivity contribution in [2.45, 2.75) is 46.1 Å². The van der Waals surface area contributed by atoms with Crippen LogP contribution in [0.15, 0.2) is 36.4 Å². The highest BCUT2D eigenvalue weighted by Crippen LogP contribution is 2.28. The van der Waals surface area contributed by atoms with E-state index in [0.717, 1.165) is 0 Å². The van der Waals surface area contributed by atoms with Crippen LogP contribution in [0, 0.1) is 5.92 Å². The first kappa shape index (κ1) is 17.9. The van der Waals surface area contributed by atoms with Gasteiger partial charge >= 0.3 is 0 Å². The minimum atomic E-state index is -0.577. The molecule has 0 radical (unpaired) electrons. The normalized spacial score (nSPS) is 12.9. The van der Waals surface area contributed by atoms with Crippen molar-refractivity contribution < 1.29 is 4.79 Å². The number of carbonyl (C=O) groups is 1. The molecule has 1 unspecified atom stereocenters. The van der Waals surface area contributed by atoms with Crippen LogP contribution in [-0.2, 0) is 5.41 Å². The standard InChI is InChI=1S/C19H26N4O/c1-12(2)17(13-6-8-14(9-7-13)19(3,4)5)21-16-11-10-15(18(20)24)22-23-16/h6-12,17H,1-5H3,(H2,20,24)(H,21,23). The molecule has 0 spiro atoms. The highest BCUT2D eigenvalue weighted by atomic mass is 16.1. The lowest BCUT2D eigenvalue weighted by Gasteiger charge is -2.25. The Morgan fingerprint density at radius 2 is 1.67 bits per heavy atom. The zero-order chi connectivity index (χ0) is 17.9. The minimum absolute atomic E-state index is 0.104. The van der Waals surface area contributed by atoms with E-state index in [4.69, 9.17) is 5.73 Å². The summed E-state index contributed by atoms with van der Waals surface area (Å²) in [5.74, 6) is 0.411. The topological polar surface area (TPSA) is 80.9 Å². The number of benzene rings is 1. The summed E-state index contributed by atoms with van der Waals surface area (Å²) < 4.78 is 0. The number of nitrogens with zero attached hydrogens (tertiary/aromatic N) is 2. The van der Waals surface area contributed by atoms with E-state index in [1.54, 1.807) is 12.1 Å². The van der Waals surface area contributed by atoms with Crippen molar-refractivity contribution in [3.63, 3.8) is 0 Å². The molecule has 128 valence electrons. The molecule has 1 aromatic heterocycles. The quantitative estimate of drug-likeness (QED) is 0.878. The molecular weight excluding hydrogens is 300 g/mol. The summed E-state index contributed by atoms with van der Waals surface area (Å²) in [4.78, 5) is 11.1. The smallest absolute Gasteiger partial charge is 0.269 e. The van der Waals surface area contributed by atoms with Gasteiger partial charge in [0.2, 0.25) is 0 Å². The second-order valence-electron chi connectivity index (χ2n) is 7.41. The maximum Gasteiger partial charge on any atom is 0.269 e. The first-order valence-corrected chi connectivity index (χ1v) is 8.19. The van der Waals surface area contributed by atoms with Gasteiger partial charge in [0.1, 0.15) is 5.82 Å². The number of amides is 1. The Hall–Kier alpha value is -2.43. The fourth-order valence-corrected chi connectivity index (χ4v) is 2.53. The second-order valence-corrected chi connectivity index (χ2v) is 7.41. The predicted octanol–water partition coefficient (Wildman–Crippen LogP) is 3.68. The molecule has 5 nitrogen and oxygen atoms in total. The van der Waals surface area contributed by atoms with Crippen molar-refractivity contribution in [2.24, 2.45) is 11.7 Å². The number of anilines is 1. The van der Waals surface area contributed by atoms with Gasteiger partial charge in [-0.05, 0) is 34.6 Å². The number of hydrogen-bond donors (Lipinski definition) is 2. The van der Waals surface area contributed by atoms with Gasteiger partial charge in [-0.15, -0.1) is 10.2 Å². The van der Waals surface area contributed by atoms with Crippen LogP contribution in [-0.4, -0.2) is 16.1 Å². The Bertz CT molecular complexity index is 685. The zero-order valence-corrected chi connectivity index (χ0v) is 15.0. The SMILES string of the molecule is CC(C)C(Nc1ccc(C(N)=O)nn1)c1ccc(C(C)(C)C)cc1. The number of nitrogens with two attached hydrogens (primary N) is 1. The molecule has 3 N–H and O–H groups in total. The van der Waals surface area contributed by atoms with Gasteiger partial charge in [0.25, 0.3) is 5.91 Å². The highest BCUT2D eigenvalue weighted by molar-refractivity contribution is 5.90. The summed E-state index contributed by atoms with van der Waals surface area (Å²) >= 11 is 0.